The molecule has 0 bridgehead atoms. The van der Waals surface area contributed by atoms with Crippen LogP contribution in [0.3, 0.4) is 0 Å². The maximum absolute atomic E-state index is 13.0. The van der Waals surface area contributed by atoms with Crippen LogP contribution < -0.4 is 10.1 Å². The second-order valence-electron chi connectivity index (χ2n) is 7.06. The van der Waals surface area contributed by atoms with E-state index in [1.165, 1.54) is 4.31 Å². The first kappa shape index (κ1) is 21.6. The molecule has 0 spiro atoms. The van der Waals surface area contributed by atoms with E-state index in [0.717, 1.165) is 5.56 Å². The number of nitrogens with one attached hydrogen (secondary N) is 1. The van der Waals surface area contributed by atoms with Gasteiger partial charge in [0.15, 0.2) is 0 Å². The number of nitrogens with zero attached hydrogens (tertiary/aromatic N) is 1. The highest BCUT2D eigenvalue weighted by Crippen LogP contribution is 2.27. The van der Waals surface area contributed by atoms with E-state index in [2.05, 4.69) is 5.32 Å². The fourth-order valence-corrected chi connectivity index (χ4v) is 5.06. The van der Waals surface area contributed by atoms with E-state index in [-0.39, 0.29) is 17.3 Å². The molecule has 1 aliphatic heterocycles. The maximum atomic E-state index is 13.0. The number of hydrogen-bond acceptors (Lipinski definition) is 4. The van der Waals surface area contributed by atoms with Crippen molar-refractivity contribution < 1.29 is 17.9 Å². The van der Waals surface area contributed by atoms with Crippen molar-refractivity contribution in [2.45, 2.75) is 31.6 Å². The molecular formula is C21H25ClN2O4S. The summed E-state index contributed by atoms with van der Waals surface area (Å²) in [5, 5.41) is 3.43. The van der Waals surface area contributed by atoms with Crippen LogP contribution >= 0.6 is 11.6 Å². The minimum atomic E-state index is -3.67. The van der Waals surface area contributed by atoms with Crippen LogP contribution in [0.2, 0.25) is 5.02 Å². The summed E-state index contributed by atoms with van der Waals surface area (Å²) in [7, 11) is -3.67. The molecule has 1 saturated heterocycles. The zero-order chi connectivity index (χ0) is 21.0. The van der Waals surface area contributed by atoms with Crippen LogP contribution in [0.5, 0.6) is 5.75 Å². The molecule has 1 amide bonds. The summed E-state index contributed by atoms with van der Waals surface area (Å²) in [5.74, 6) is 0.0146. The van der Waals surface area contributed by atoms with Crippen LogP contribution in [0, 0.1) is 12.8 Å². The number of carbonyl (C=O) groups excluding carboxylic acids is 1. The first-order valence-electron chi connectivity index (χ1n) is 9.61. The third-order valence-electron chi connectivity index (χ3n) is 4.98. The maximum Gasteiger partial charge on any atom is 0.243 e. The number of sulfonamides is 1. The van der Waals surface area contributed by atoms with Crippen LogP contribution in [0.4, 0.5) is 5.69 Å². The molecule has 0 radical (unpaired) electrons. The Morgan fingerprint density at radius 2 is 1.97 bits per heavy atom. The lowest BCUT2D eigenvalue weighted by molar-refractivity contribution is -0.120. The van der Waals surface area contributed by atoms with Crippen LogP contribution in [0.15, 0.2) is 47.4 Å². The Morgan fingerprint density at radius 3 is 2.66 bits per heavy atom. The predicted octanol–water partition coefficient (Wildman–Crippen LogP) is 4.09. The van der Waals surface area contributed by atoms with E-state index in [0.29, 0.717) is 42.5 Å². The number of benzene rings is 2. The number of amides is 1. The Labute approximate surface area is 176 Å². The molecule has 0 aliphatic carbocycles. The Morgan fingerprint density at radius 1 is 1.24 bits per heavy atom. The monoisotopic (exact) mass is 436 g/mol. The fraction of sp³-hybridized carbons (Fsp3) is 0.381. The second-order valence-corrected chi connectivity index (χ2v) is 9.43. The molecular weight excluding hydrogens is 412 g/mol. The van der Waals surface area contributed by atoms with Gasteiger partial charge in [-0.15, -0.1) is 0 Å². The van der Waals surface area contributed by atoms with Gasteiger partial charge in [-0.2, -0.15) is 4.31 Å². The highest BCUT2D eigenvalue weighted by Gasteiger charge is 2.33. The summed E-state index contributed by atoms with van der Waals surface area (Å²) in [6.45, 7) is 4.82. The molecule has 8 heteroatoms. The van der Waals surface area contributed by atoms with E-state index in [1.807, 2.05) is 19.9 Å². The van der Waals surface area contributed by atoms with Gasteiger partial charge in [0.2, 0.25) is 15.9 Å². The molecule has 6 nitrogen and oxygen atoms in total. The van der Waals surface area contributed by atoms with Gasteiger partial charge in [0.05, 0.1) is 17.4 Å². The van der Waals surface area contributed by atoms with Crippen molar-refractivity contribution >= 4 is 33.2 Å². The molecule has 1 heterocycles. The number of ether oxygens (including phenoxy) is 1. The number of anilines is 1. The fourth-order valence-electron chi connectivity index (χ4n) is 3.36. The van der Waals surface area contributed by atoms with E-state index >= 15 is 0 Å². The lowest BCUT2D eigenvalue weighted by Crippen LogP contribution is -2.43. The Balaban J connectivity index is 1.72. The normalized spacial score (nSPS) is 17.7. The first-order valence-corrected chi connectivity index (χ1v) is 11.4. The van der Waals surface area contributed by atoms with Gasteiger partial charge in [0.1, 0.15) is 5.75 Å². The molecule has 0 aromatic heterocycles. The zero-order valence-electron chi connectivity index (χ0n) is 16.5. The third kappa shape index (κ3) is 5.10. The molecule has 0 saturated carbocycles. The predicted molar refractivity (Wildman–Crippen MR) is 114 cm³/mol. The third-order valence-corrected chi connectivity index (χ3v) is 7.10. The van der Waals surface area contributed by atoms with Gasteiger partial charge >= 0.3 is 0 Å². The molecule has 29 heavy (non-hydrogen) atoms. The second kappa shape index (κ2) is 9.15. The SMILES string of the molecule is CCOc1ccc(S(=O)(=O)N2CCC[C@H](C(=O)Nc3cc(Cl)ccc3C)C2)cc1. The first-order chi connectivity index (χ1) is 13.8. The van der Waals surface area contributed by atoms with Crippen molar-refractivity contribution in [2.75, 3.05) is 25.0 Å². The molecule has 1 fully saturated rings. The number of piperidine rings is 1. The van der Waals surface area contributed by atoms with Gasteiger partial charge in [0, 0.05) is 23.8 Å². The molecule has 156 valence electrons. The molecule has 3 rings (SSSR count). The average Bonchev–Trinajstić information content (AvgIpc) is 2.71. The van der Waals surface area contributed by atoms with Crippen molar-refractivity contribution in [3.05, 3.63) is 53.1 Å². The zero-order valence-corrected chi connectivity index (χ0v) is 18.1. The van der Waals surface area contributed by atoms with Crippen molar-refractivity contribution in [1.82, 2.24) is 4.31 Å². The van der Waals surface area contributed by atoms with Gasteiger partial charge in [-0.05, 0) is 68.7 Å². The minimum Gasteiger partial charge on any atom is -0.494 e. The average molecular weight is 437 g/mol. The topological polar surface area (TPSA) is 75.7 Å². The molecule has 0 unspecified atom stereocenters. The van der Waals surface area contributed by atoms with E-state index in [4.69, 9.17) is 16.3 Å². The molecule has 2 aromatic rings. The number of carbonyl (C=O) groups is 1. The number of rotatable bonds is 6. The number of halogens is 1. The summed E-state index contributed by atoms with van der Waals surface area (Å²) < 4.78 is 32.8. The summed E-state index contributed by atoms with van der Waals surface area (Å²) in [5.41, 5.74) is 1.55. The number of hydrogen-bond donors (Lipinski definition) is 1. The number of aryl methyl sites for hydroxylation is 1. The Hall–Kier alpha value is -2.09. The molecule has 1 N–H and O–H groups in total. The molecule has 1 aliphatic rings. The van der Waals surface area contributed by atoms with Crippen LogP contribution in [-0.4, -0.2) is 38.3 Å². The van der Waals surface area contributed by atoms with E-state index in [9.17, 15) is 13.2 Å². The Bertz CT molecular complexity index is 977. The highest BCUT2D eigenvalue weighted by atomic mass is 35.5. The summed E-state index contributed by atoms with van der Waals surface area (Å²) in [6, 6.07) is 11.7. The van der Waals surface area contributed by atoms with Crippen molar-refractivity contribution in [3.63, 3.8) is 0 Å². The Kier molecular flexibility index (Phi) is 6.82. The van der Waals surface area contributed by atoms with E-state index < -0.39 is 15.9 Å². The summed E-state index contributed by atoms with van der Waals surface area (Å²) >= 11 is 6.02. The lowest BCUT2D eigenvalue weighted by atomic mass is 9.98. The van der Waals surface area contributed by atoms with Crippen molar-refractivity contribution in [3.8, 4) is 5.75 Å². The van der Waals surface area contributed by atoms with Gasteiger partial charge in [0.25, 0.3) is 0 Å². The molecule has 1 atom stereocenters. The largest absolute Gasteiger partial charge is 0.494 e. The lowest BCUT2D eigenvalue weighted by Gasteiger charge is -2.31. The quantitative estimate of drug-likeness (QED) is 0.740. The van der Waals surface area contributed by atoms with Crippen LogP contribution in [0.25, 0.3) is 0 Å². The highest BCUT2D eigenvalue weighted by molar-refractivity contribution is 7.89. The van der Waals surface area contributed by atoms with Gasteiger partial charge < -0.3 is 10.1 Å². The van der Waals surface area contributed by atoms with Crippen molar-refractivity contribution in [2.24, 2.45) is 5.92 Å². The van der Waals surface area contributed by atoms with Gasteiger partial charge in [-0.3, -0.25) is 4.79 Å². The standard InChI is InChI=1S/C21H25ClN2O4S/c1-3-28-18-8-10-19(11-9-18)29(26,27)24-12-4-5-16(14-24)21(25)23-20-13-17(22)7-6-15(20)2/h6-11,13,16H,3-5,12,14H2,1-2H3,(H,23,25)/t16-/m0/s1. The molecule has 2 aromatic carbocycles. The van der Waals surface area contributed by atoms with Crippen molar-refractivity contribution in [1.29, 1.82) is 0 Å². The van der Waals surface area contributed by atoms with E-state index in [1.54, 1.807) is 36.4 Å². The van der Waals surface area contributed by atoms with Gasteiger partial charge in [-0.1, -0.05) is 17.7 Å². The minimum absolute atomic E-state index is 0.154. The van der Waals surface area contributed by atoms with Crippen LogP contribution in [-0.2, 0) is 14.8 Å². The summed E-state index contributed by atoms with van der Waals surface area (Å²) in [4.78, 5) is 13.0. The van der Waals surface area contributed by atoms with Crippen LogP contribution in [0.1, 0.15) is 25.3 Å². The summed E-state index contributed by atoms with van der Waals surface area (Å²) in [6.07, 6.45) is 1.27. The smallest absolute Gasteiger partial charge is 0.243 e. The van der Waals surface area contributed by atoms with Gasteiger partial charge in [-0.25, -0.2) is 8.42 Å².